The molecule has 1 aromatic heterocycles. The number of aliphatic carboxylic acids is 4. The fourth-order valence-electron chi connectivity index (χ4n) is 12.1. The molecule has 0 unspecified atom stereocenters. The predicted octanol–water partition coefficient (Wildman–Crippen LogP) is -4.40. The topological polar surface area (TPSA) is 700 Å². The zero-order valence-corrected chi connectivity index (χ0v) is 74.0. The van der Waals surface area contributed by atoms with E-state index in [4.69, 9.17) is 11.5 Å². The number of hydrogen-bond acceptors (Lipinski definition) is 27. The van der Waals surface area contributed by atoms with Gasteiger partial charge in [-0.1, -0.05) is 79.0 Å². The number of thioether (sulfide) groups is 3. The minimum absolute atomic E-state index is 0.0163. The minimum atomic E-state index is -2.00. The van der Waals surface area contributed by atoms with Crippen LogP contribution in [0.5, 0.6) is 0 Å². The van der Waals surface area contributed by atoms with E-state index < -0.39 is 236 Å². The Balaban J connectivity index is 2.31. The van der Waals surface area contributed by atoms with Gasteiger partial charge in [-0.25, -0.2) is 4.79 Å². The molecule has 0 aliphatic carbocycles. The molecule has 15 amide bonds. The first-order valence-electron chi connectivity index (χ1n) is 40.7. The van der Waals surface area contributed by atoms with Gasteiger partial charge in [0.1, 0.15) is 72.5 Å². The number of aliphatic hydroxyl groups excluding tert-OH is 2. The number of aliphatic hydroxyl groups is 2. The summed E-state index contributed by atoms with van der Waals surface area (Å²) in [7, 11) is 0. The first kappa shape index (κ1) is 110. The van der Waals surface area contributed by atoms with E-state index >= 15 is 0 Å². The van der Waals surface area contributed by atoms with Crippen LogP contribution in [0.3, 0.4) is 0 Å². The van der Waals surface area contributed by atoms with Crippen LogP contribution in [0.4, 0.5) is 0 Å². The van der Waals surface area contributed by atoms with Crippen molar-refractivity contribution in [2.45, 2.75) is 237 Å². The third-order valence-corrected chi connectivity index (χ3v) is 22.0. The Hall–Kier alpha value is -10.8. The summed E-state index contributed by atoms with van der Waals surface area (Å²) in [4.78, 5) is 265. The van der Waals surface area contributed by atoms with Crippen molar-refractivity contribution >= 4 is 165 Å². The number of unbranched alkanes of at least 4 members (excludes halogenated alkanes) is 3. The predicted molar refractivity (Wildman–Crippen MR) is 460 cm³/mol. The Labute approximate surface area is 735 Å². The highest BCUT2D eigenvalue weighted by molar-refractivity contribution is 7.99. The molecule has 0 fully saturated rings. The molecule has 25 N–H and O–H groups in total. The van der Waals surface area contributed by atoms with Gasteiger partial charge < -0.3 is 122 Å². The van der Waals surface area contributed by atoms with Gasteiger partial charge in [0.15, 0.2) is 0 Å². The number of nitrogens with two attached hydrogens (primary N) is 2. The van der Waals surface area contributed by atoms with Gasteiger partial charge in [0.25, 0.3) is 0 Å². The number of para-hydroxylation sites is 1. The molecule has 0 saturated carbocycles. The second kappa shape index (κ2) is 59.2. The number of hydrogen-bond donors (Lipinski definition) is 23. The van der Waals surface area contributed by atoms with Crippen molar-refractivity contribution < 1.29 is 127 Å². The maximum atomic E-state index is 14.4. The molecular weight excluding hydrogens is 1700 g/mol. The van der Waals surface area contributed by atoms with Crippen LogP contribution in [0.1, 0.15) is 157 Å². The van der Waals surface area contributed by atoms with Crippen LogP contribution in [-0.2, 0) is 102 Å². The summed E-state index contributed by atoms with van der Waals surface area (Å²) in [6.07, 6.45) is 0.540. The van der Waals surface area contributed by atoms with Crippen molar-refractivity contribution in [2.75, 3.05) is 61.6 Å². The number of fused-ring (bicyclic) bond motifs is 1. The molecule has 2 aromatic rings. The van der Waals surface area contributed by atoms with Crippen LogP contribution in [0.25, 0.3) is 10.9 Å². The Morgan fingerprint density at radius 1 is 0.464 bits per heavy atom. The number of rotatable bonds is 64. The van der Waals surface area contributed by atoms with Crippen molar-refractivity contribution in [3.05, 3.63) is 36.0 Å². The second-order valence-electron chi connectivity index (χ2n) is 30.0. The summed E-state index contributed by atoms with van der Waals surface area (Å²) < 4.78 is 1.27. The lowest BCUT2D eigenvalue weighted by Gasteiger charge is -2.30. The van der Waals surface area contributed by atoms with Crippen molar-refractivity contribution in [3.8, 4) is 0 Å². The van der Waals surface area contributed by atoms with Crippen LogP contribution >= 0.6 is 35.3 Å². The van der Waals surface area contributed by atoms with Crippen LogP contribution in [0, 0.1) is 17.8 Å². The van der Waals surface area contributed by atoms with Gasteiger partial charge in [-0.15, -0.1) is 23.5 Å². The second-order valence-corrected chi connectivity index (χ2v) is 33.1. The smallest absolute Gasteiger partial charge is 0.326 e. The number of aromatic nitrogens is 1. The summed E-state index contributed by atoms with van der Waals surface area (Å²) in [5.74, 6) is -21.7. The zero-order chi connectivity index (χ0) is 94.2. The van der Waals surface area contributed by atoms with Gasteiger partial charge in [-0.2, -0.15) is 11.8 Å². The standard InChI is InChI=1S/C78H124N18O26S3/c1-10-42(5)64(76(119)90-55(78(121)122)30-46-33-96(40-99)59-21-15-14-19-47(46)59)95-77(120)65(43(6)11-2)94-73(116)53(31-62(105)106)84-60(102)22-13-12-18-27-81-67(110)58(37-125-39-83-45(8)101)93-69(112)50(23-24-61(103)104)86-68(111)49(20-16-17-26-79)85-72(115)54(32-63(107)108)89-70(113)51(25-28-123-9)87-71(114)52(29-41(3)4)88-74(117)57(35-98)92-75(118)56(34-97)91-66(109)48(80)36-124-38-82-44(7)100/h14-15,19,21,33,40-43,48-58,64-65,97-98H,10-13,16-18,20,22-32,34-39,79-80H2,1-9H3,(H,81,110)(H,82,100)(H,83,101)(H,84,102)(H,85,115)(H,86,111)(H,87,114)(H,88,117)(H,89,113)(H,90,119)(H,91,109)(H,92,118)(H,93,112)(H,94,116)(H,95,120)(H,103,104)(H,105,106)(H,107,108)(H,121,122)/t42-,43-,48-,49-,50-,51-,52-,53-,54-,55-,56-,57-,58-,64-,65-/m0/s1. The summed E-state index contributed by atoms with van der Waals surface area (Å²) in [5, 5.41) is 97.4. The van der Waals surface area contributed by atoms with E-state index in [2.05, 4.69) is 79.8 Å². The number of carboxylic acid groups (broad SMARTS) is 4. The molecule has 0 spiro atoms. The number of nitrogens with one attached hydrogen (secondary N) is 15. The number of benzene rings is 1. The monoisotopic (exact) mass is 1820 g/mol. The van der Waals surface area contributed by atoms with Crippen molar-refractivity contribution in [1.82, 2.24) is 84.3 Å². The minimum Gasteiger partial charge on any atom is -0.481 e. The van der Waals surface area contributed by atoms with Crippen LogP contribution in [0.2, 0.25) is 0 Å². The average Bonchev–Trinajstić information content (AvgIpc) is 1.67. The maximum Gasteiger partial charge on any atom is 0.326 e. The third-order valence-electron chi connectivity index (χ3n) is 19.5. The van der Waals surface area contributed by atoms with E-state index in [0.717, 1.165) is 23.5 Å². The Bertz CT molecular complexity index is 3990. The van der Waals surface area contributed by atoms with E-state index in [1.165, 1.54) is 36.4 Å². The molecule has 0 aliphatic rings. The van der Waals surface area contributed by atoms with E-state index in [9.17, 15) is 127 Å². The number of carbonyl (C=O) groups is 20. The van der Waals surface area contributed by atoms with Crippen molar-refractivity contribution in [3.63, 3.8) is 0 Å². The first-order valence-corrected chi connectivity index (χ1v) is 44.4. The molecule has 47 heteroatoms. The molecule has 0 radical (unpaired) electrons. The first-order chi connectivity index (χ1) is 59.1. The zero-order valence-electron chi connectivity index (χ0n) is 71.6. The summed E-state index contributed by atoms with van der Waals surface area (Å²) >= 11 is 3.27. The number of carboxylic acids is 4. The average molecular weight is 1830 g/mol. The third kappa shape index (κ3) is 41.7. The highest BCUT2D eigenvalue weighted by Gasteiger charge is 2.40. The molecule has 2 rings (SSSR count). The lowest BCUT2D eigenvalue weighted by Crippen LogP contribution is -2.61. The van der Waals surface area contributed by atoms with Gasteiger partial charge in [0.2, 0.25) is 95.0 Å². The highest BCUT2D eigenvalue weighted by atomic mass is 32.2. The lowest BCUT2D eigenvalue weighted by molar-refractivity contribution is -0.143. The highest BCUT2D eigenvalue weighted by Crippen LogP contribution is 2.23. The van der Waals surface area contributed by atoms with Crippen LogP contribution in [-0.4, -0.2) is 294 Å². The summed E-state index contributed by atoms with van der Waals surface area (Å²) in [6.45, 7) is 10.4. The molecule has 15 atom stereocenters. The van der Waals surface area contributed by atoms with E-state index in [-0.39, 0.29) is 125 Å². The fraction of sp³-hybridized carbons (Fsp3) is 0.641. The molecule has 0 saturated heterocycles. The molecule has 44 nitrogen and oxygen atoms in total. The molecule has 0 bridgehead atoms. The Morgan fingerprint density at radius 2 is 0.912 bits per heavy atom. The SMILES string of the molecule is CC[C@H](C)[C@H](NC(=O)[C@H](CC(=O)O)NC(=O)CCCCCNC(=O)[C@H](CSCNC(C)=O)NC(=O)[C@H](CCC(=O)O)NC(=O)[C@H](CCCCN)NC(=O)[C@H](CC(=O)O)NC(=O)[C@H](CCSC)NC(=O)[C@H](CC(C)C)NC(=O)[C@H](CO)NC(=O)[C@H](CO)NC(=O)[C@@H](N)CSCNC(C)=O)C(=O)N[C@H](C(=O)N[C@@H](Cc1cn(C=O)c2ccccc12)C(=O)O)[C@@H](C)CC. The van der Waals surface area contributed by atoms with Crippen molar-refractivity contribution in [1.29, 1.82) is 0 Å². The van der Waals surface area contributed by atoms with Crippen LogP contribution in [0.15, 0.2) is 30.5 Å². The normalized spacial score (nSPS) is 14.7. The molecule has 1 heterocycles. The van der Waals surface area contributed by atoms with E-state index in [1.54, 1.807) is 72.1 Å². The molecule has 1 aromatic carbocycles. The quantitative estimate of drug-likeness (QED) is 0.0169. The Morgan fingerprint density at radius 3 is 1.42 bits per heavy atom. The Kier molecular flexibility index (Phi) is 52.3. The van der Waals surface area contributed by atoms with E-state index in [0.29, 0.717) is 29.3 Å². The van der Waals surface area contributed by atoms with Gasteiger partial charge in [-0.05, 0) is 99.3 Å². The number of nitrogens with zero attached hydrogens (tertiary/aromatic N) is 1. The molecule has 700 valence electrons. The van der Waals surface area contributed by atoms with Gasteiger partial charge in [0.05, 0.1) is 49.4 Å². The largest absolute Gasteiger partial charge is 0.481 e. The fourth-order valence-corrected chi connectivity index (χ4v) is 14.3. The lowest BCUT2D eigenvalue weighted by atomic mass is 9.94. The summed E-state index contributed by atoms with van der Waals surface area (Å²) in [5.41, 5.74) is 12.6. The van der Waals surface area contributed by atoms with Gasteiger partial charge in [0, 0.05) is 62.7 Å². The van der Waals surface area contributed by atoms with E-state index in [1.807, 2.05) is 0 Å². The molecule has 125 heavy (non-hydrogen) atoms. The molecular formula is C78H124N18O26S3. The molecule has 0 aliphatic heterocycles. The van der Waals surface area contributed by atoms with Gasteiger partial charge in [-0.3, -0.25) is 95.7 Å². The number of amides is 15. The van der Waals surface area contributed by atoms with Crippen LogP contribution < -0.4 is 91.2 Å². The van der Waals surface area contributed by atoms with Gasteiger partial charge >= 0.3 is 23.9 Å². The maximum absolute atomic E-state index is 14.4. The summed E-state index contributed by atoms with van der Waals surface area (Å²) in [6, 6.07) is -14.0. The number of carbonyl (C=O) groups excluding carboxylic acids is 16. The van der Waals surface area contributed by atoms with Crippen molar-refractivity contribution in [2.24, 2.45) is 29.2 Å².